The second-order valence-electron chi connectivity index (χ2n) is 5.12. The van der Waals surface area contributed by atoms with Gasteiger partial charge < -0.3 is 15.1 Å². The highest BCUT2D eigenvalue weighted by Gasteiger charge is 2.42. The Morgan fingerprint density at radius 1 is 1.43 bits per heavy atom. The molecule has 2 aliphatic rings. The Morgan fingerprint density at radius 3 is 2.71 bits per heavy atom. The van der Waals surface area contributed by atoms with Gasteiger partial charge in [-0.15, -0.1) is 0 Å². The first-order chi connectivity index (χ1) is 6.50. The molecule has 2 amide bonds. The molecule has 0 aliphatic carbocycles. The van der Waals surface area contributed by atoms with Crippen LogP contribution in [0.1, 0.15) is 20.8 Å². The zero-order valence-electron chi connectivity index (χ0n) is 9.21. The summed E-state index contributed by atoms with van der Waals surface area (Å²) in [6, 6.07) is 0.597. The summed E-state index contributed by atoms with van der Waals surface area (Å²) in [6.45, 7) is 9.88. The molecule has 0 radical (unpaired) electrons. The maximum atomic E-state index is 12.0. The van der Waals surface area contributed by atoms with Gasteiger partial charge in [-0.2, -0.15) is 0 Å². The summed E-state index contributed by atoms with van der Waals surface area (Å²) in [4.78, 5) is 16.0. The molecule has 14 heavy (non-hydrogen) atoms. The van der Waals surface area contributed by atoms with Gasteiger partial charge in [-0.1, -0.05) is 0 Å². The number of carbonyl (C=O) groups is 1. The van der Waals surface area contributed by atoms with Gasteiger partial charge in [0.1, 0.15) is 0 Å². The molecule has 2 rings (SSSR count). The van der Waals surface area contributed by atoms with Crippen molar-refractivity contribution in [2.45, 2.75) is 32.4 Å². The number of carbonyl (C=O) groups excluding carboxylic acids is 1. The van der Waals surface area contributed by atoms with Gasteiger partial charge in [0, 0.05) is 31.7 Å². The smallest absolute Gasteiger partial charge is 0.318 e. The molecule has 0 aromatic heterocycles. The fraction of sp³-hybridized carbons (Fsp3) is 0.900. The lowest BCUT2D eigenvalue weighted by atomic mass is 10.1. The van der Waals surface area contributed by atoms with Crippen LogP contribution in [0.25, 0.3) is 0 Å². The van der Waals surface area contributed by atoms with Crippen LogP contribution >= 0.6 is 0 Å². The van der Waals surface area contributed by atoms with E-state index < -0.39 is 0 Å². The molecule has 4 heteroatoms. The Balaban J connectivity index is 2.14. The van der Waals surface area contributed by atoms with Crippen LogP contribution < -0.4 is 5.32 Å². The topological polar surface area (TPSA) is 35.6 Å². The predicted molar refractivity (Wildman–Crippen MR) is 55.2 cm³/mol. The summed E-state index contributed by atoms with van der Waals surface area (Å²) in [6.07, 6.45) is 0. The van der Waals surface area contributed by atoms with E-state index in [2.05, 4.69) is 26.1 Å². The van der Waals surface area contributed by atoms with Crippen LogP contribution in [0.15, 0.2) is 0 Å². The number of fused-ring (bicyclic) bond motifs is 1. The van der Waals surface area contributed by atoms with Gasteiger partial charge in [-0.25, -0.2) is 4.79 Å². The lowest BCUT2D eigenvalue weighted by molar-refractivity contribution is 0.153. The third-order valence-corrected chi connectivity index (χ3v) is 3.03. The predicted octanol–water partition coefficient (Wildman–Crippen LogP) is 0.494. The summed E-state index contributed by atoms with van der Waals surface area (Å²) in [5, 5.41) is 3.33. The van der Waals surface area contributed by atoms with Crippen molar-refractivity contribution in [3.05, 3.63) is 0 Å². The molecule has 4 nitrogen and oxygen atoms in total. The number of rotatable bonds is 0. The summed E-state index contributed by atoms with van der Waals surface area (Å²) in [5.41, 5.74) is -0.0472. The van der Waals surface area contributed by atoms with Crippen molar-refractivity contribution in [3.8, 4) is 0 Å². The highest BCUT2D eigenvalue weighted by atomic mass is 16.2. The molecule has 80 valence electrons. The third-order valence-electron chi connectivity index (χ3n) is 3.03. The largest absolute Gasteiger partial charge is 0.320 e. The van der Waals surface area contributed by atoms with Crippen molar-refractivity contribution in [3.63, 3.8) is 0 Å². The molecular formula is C10H19N3O. The molecule has 1 unspecified atom stereocenters. The monoisotopic (exact) mass is 197 g/mol. The molecule has 0 saturated carbocycles. The molecule has 0 aromatic carbocycles. The molecular weight excluding hydrogens is 178 g/mol. The van der Waals surface area contributed by atoms with Gasteiger partial charge in [-0.05, 0) is 20.8 Å². The van der Waals surface area contributed by atoms with Crippen LogP contribution in [0.3, 0.4) is 0 Å². The fourth-order valence-corrected chi connectivity index (χ4v) is 2.18. The van der Waals surface area contributed by atoms with E-state index in [1.807, 2.05) is 9.80 Å². The van der Waals surface area contributed by atoms with E-state index in [0.29, 0.717) is 6.04 Å². The molecule has 2 heterocycles. The third kappa shape index (κ3) is 1.47. The maximum Gasteiger partial charge on any atom is 0.320 e. The first-order valence-corrected chi connectivity index (χ1v) is 5.29. The van der Waals surface area contributed by atoms with Gasteiger partial charge in [0.15, 0.2) is 0 Å². The van der Waals surface area contributed by atoms with Crippen molar-refractivity contribution < 1.29 is 4.79 Å². The first-order valence-electron chi connectivity index (χ1n) is 5.29. The summed E-state index contributed by atoms with van der Waals surface area (Å²) in [7, 11) is 0. The molecule has 2 aliphatic heterocycles. The molecule has 0 spiro atoms. The first kappa shape index (κ1) is 9.77. The van der Waals surface area contributed by atoms with Crippen LogP contribution in [-0.2, 0) is 0 Å². The van der Waals surface area contributed by atoms with Crippen molar-refractivity contribution >= 4 is 6.03 Å². The Labute approximate surface area is 85.2 Å². The quantitative estimate of drug-likeness (QED) is 0.613. The lowest BCUT2D eigenvalue weighted by Crippen LogP contribution is -2.50. The van der Waals surface area contributed by atoms with Gasteiger partial charge >= 0.3 is 6.03 Å². The lowest BCUT2D eigenvalue weighted by Gasteiger charge is -2.31. The summed E-state index contributed by atoms with van der Waals surface area (Å²) in [5.74, 6) is 0. The number of piperazine rings is 1. The van der Waals surface area contributed by atoms with Crippen LogP contribution in [-0.4, -0.2) is 53.6 Å². The van der Waals surface area contributed by atoms with E-state index in [1.165, 1.54) is 0 Å². The zero-order chi connectivity index (χ0) is 10.3. The Hall–Kier alpha value is -0.770. The van der Waals surface area contributed by atoms with Crippen LogP contribution in [0.2, 0.25) is 0 Å². The van der Waals surface area contributed by atoms with Gasteiger partial charge in [0.2, 0.25) is 0 Å². The second kappa shape index (κ2) is 3.12. The highest BCUT2D eigenvalue weighted by Crippen LogP contribution is 2.24. The standard InChI is InChI=1S/C10H19N3O/c1-10(2,3)13-7-8-6-11-4-5-12(8)9(13)14/h8,11H,4-7H2,1-3H3. The number of hydrogen-bond acceptors (Lipinski definition) is 2. The second-order valence-corrected chi connectivity index (χ2v) is 5.12. The van der Waals surface area contributed by atoms with Gasteiger partial charge in [0.05, 0.1) is 6.04 Å². The van der Waals surface area contributed by atoms with E-state index in [4.69, 9.17) is 0 Å². The number of amides is 2. The Bertz CT molecular complexity index is 246. The Morgan fingerprint density at radius 2 is 2.14 bits per heavy atom. The van der Waals surface area contributed by atoms with E-state index in [1.54, 1.807) is 0 Å². The van der Waals surface area contributed by atoms with Crippen molar-refractivity contribution in [1.29, 1.82) is 0 Å². The van der Waals surface area contributed by atoms with Crippen LogP contribution in [0, 0.1) is 0 Å². The minimum atomic E-state index is -0.0472. The van der Waals surface area contributed by atoms with Crippen LogP contribution in [0.5, 0.6) is 0 Å². The number of nitrogens with zero attached hydrogens (tertiary/aromatic N) is 2. The average molecular weight is 197 g/mol. The number of nitrogens with one attached hydrogen (secondary N) is 1. The number of hydrogen-bond donors (Lipinski definition) is 1. The average Bonchev–Trinajstić information content (AvgIpc) is 2.44. The van der Waals surface area contributed by atoms with Crippen molar-refractivity contribution in [2.24, 2.45) is 0 Å². The molecule has 1 N–H and O–H groups in total. The Kier molecular flexibility index (Phi) is 2.18. The van der Waals surface area contributed by atoms with Crippen molar-refractivity contribution in [2.75, 3.05) is 26.2 Å². The van der Waals surface area contributed by atoms with Gasteiger partial charge in [0.25, 0.3) is 0 Å². The normalized spacial score (nSPS) is 28.2. The van der Waals surface area contributed by atoms with E-state index in [-0.39, 0.29) is 11.6 Å². The maximum absolute atomic E-state index is 12.0. The van der Waals surface area contributed by atoms with E-state index >= 15 is 0 Å². The highest BCUT2D eigenvalue weighted by molar-refractivity contribution is 5.78. The molecule has 0 bridgehead atoms. The molecule has 0 aromatic rings. The van der Waals surface area contributed by atoms with Gasteiger partial charge in [-0.3, -0.25) is 0 Å². The summed E-state index contributed by atoms with van der Waals surface area (Å²) < 4.78 is 0. The van der Waals surface area contributed by atoms with E-state index in [9.17, 15) is 4.79 Å². The molecule has 2 fully saturated rings. The SMILES string of the molecule is CC(C)(C)N1CC2CNCCN2C1=O. The zero-order valence-corrected chi connectivity index (χ0v) is 9.21. The molecule has 2 saturated heterocycles. The fourth-order valence-electron chi connectivity index (χ4n) is 2.18. The number of urea groups is 1. The summed E-state index contributed by atoms with van der Waals surface area (Å²) >= 11 is 0. The van der Waals surface area contributed by atoms with Crippen LogP contribution in [0.4, 0.5) is 4.79 Å². The molecule has 1 atom stereocenters. The minimum Gasteiger partial charge on any atom is -0.318 e. The van der Waals surface area contributed by atoms with E-state index in [0.717, 1.165) is 26.2 Å². The van der Waals surface area contributed by atoms with Crippen molar-refractivity contribution in [1.82, 2.24) is 15.1 Å². The minimum absolute atomic E-state index is 0.0472.